The van der Waals surface area contributed by atoms with E-state index in [-0.39, 0.29) is 28.0 Å². The highest BCUT2D eigenvalue weighted by Crippen LogP contribution is 2.36. The molecular weight excluding hydrogens is 422 g/mol. The summed E-state index contributed by atoms with van der Waals surface area (Å²) in [5, 5.41) is 4.13. The number of nitrogens with zero attached hydrogens (tertiary/aromatic N) is 3. The second kappa shape index (κ2) is 9.04. The maximum atomic E-state index is 13.2. The van der Waals surface area contributed by atoms with E-state index in [1.165, 1.54) is 27.4 Å². The first-order valence-electron chi connectivity index (χ1n) is 9.14. The third kappa shape index (κ3) is 4.61. The van der Waals surface area contributed by atoms with Crippen LogP contribution in [0, 0.1) is 11.7 Å². The molecule has 0 aliphatic rings. The molecule has 0 aliphatic carbocycles. The van der Waals surface area contributed by atoms with Gasteiger partial charge in [-0.3, -0.25) is 14.2 Å². The number of aromatic nitrogens is 3. The SMILES string of the molecule is COc1ccc(C)c(OC)c1[S@](=N)(=O)NC(=O)c1ccc(Cn2cccn2)c(OC)n1. The zero-order valence-electron chi connectivity index (χ0n) is 17.5. The van der Waals surface area contributed by atoms with Crippen molar-refractivity contribution in [3.8, 4) is 17.4 Å². The van der Waals surface area contributed by atoms with E-state index in [1.807, 2.05) is 0 Å². The lowest BCUT2D eigenvalue weighted by molar-refractivity contribution is 0.0976. The van der Waals surface area contributed by atoms with Crippen molar-refractivity contribution < 1.29 is 23.2 Å². The fourth-order valence-corrected chi connectivity index (χ4v) is 4.43. The molecule has 2 aromatic heterocycles. The number of benzene rings is 1. The quantitative estimate of drug-likeness (QED) is 0.545. The summed E-state index contributed by atoms with van der Waals surface area (Å²) in [4.78, 5) is 16.9. The van der Waals surface area contributed by atoms with E-state index in [0.29, 0.717) is 17.7 Å². The van der Waals surface area contributed by atoms with Gasteiger partial charge in [0.1, 0.15) is 17.2 Å². The first kappa shape index (κ1) is 22.1. The Kier molecular flexibility index (Phi) is 6.44. The van der Waals surface area contributed by atoms with Crippen LogP contribution in [0.2, 0.25) is 0 Å². The van der Waals surface area contributed by atoms with Crippen LogP contribution in [0.5, 0.6) is 17.4 Å². The molecule has 31 heavy (non-hydrogen) atoms. The molecule has 1 amide bonds. The van der Waals surface area contributed by atoms with Crippen LogP contribution < -0.4 is 18.9 Å². The summed E-state index contributed by atoms with van der Waals surface area (Å²) >= 11 is 0. The average molecular weight is 446 g/mol. The van der Waals surface area contributed by atoms with Crippen LogP contribution in [-0.2, 0) is 16.5 Å². The average Bonchev–Trinajstić information content (AvgIpc) is 3.26. The lowest BCUT2D eigenvalue weighted by Gasteiger charge is -2.18. The van der Waals surface area contributed by atoms with Gasteiger partial charge in [-0.1, -0.05) is 6.07 Å². The van der Waals surface area contributed by atoms with Crippen molar-refractivity contribution in [1.82, 2.24) is 19.5 Å². The number of rotatable bonds is 8. The van der Waals surface area contributed by atoms with Crippen LogP contribution in [0.4, 0.5) is 0 Å². The Labute approximate surface area is 180 Å². The molecule has 0 radical (unpaired) electrons. The molecule has 10 nitrogen and oxygen atoms in total. The minimum atomic E-state index is -3.83. The van der Waals surface area contributed by atoms with Crippen molar-refractivity contribution in [1.29, 1.82) is 4.78 Å². The van der Waals surface area contributed by atoms with E-state index in [4.69, 9.17) is 19.0 Å². The van der Waals surface area contributed by atoms with E-state index in [1.54, 1.807) is 48.3 Å². The standard InChI is InChI=1S/C20H23N5O5S/c1-13-6-9-16(28-2)18(17(13)29-3)31(21,27)24-19(26)15-8-7-14(20(23-15)30-4)12-25-11-5-10-22-25/h5-11H,12H2,1-4H3,(H2,21,24,26,27)/t31-/m1/s1. The van der Waals surface area contributed by atoms with Crippen LogP contribution in [0.15, 0.2) is 47.6 Å². The molecular formula is C20H23N5O5S. The number of carbonyl (C=O) groups excluding carboxylic acids is 1. The molecule has 0 saturated heterocycles. The minimum absolute atomic E-state index is 0.0480. The minimum Gasteiger partial charge on any atom is -0.495 e. The van der Waals surface area contributed by atoms with Gasteiger partial charge in [0.05, 0.1) is 27.9 Å². The van der Waals surface area contributed by atoms with E-state index >= 15 is 0 Å². The van der Waals surface area contributed by atoms with Crippen LogP contribution in [-0.4, -0.2) is 46.2 Å². The molecule has 3 rings (SSSR count). The Morgan fingerprint density at radius 1 is 1.16 bits per heavy atom. The lowest BCUT2D eigenvalue weighted by Crippen LogP contribution is -2.31. The van der Waals surface area contributed by atoms with Crippen LogP contribution >= 0.6 is 0 Å². The van der Waals surface area contributed by atoms with Gasteiger partial charge in [0.25, 0.3) is 5.91 Å². The van der Waals surface area contributed by atoms with E-state index in [9.17, 15) is 9.00 Å². The van der Waals surface area contributed by atoms with Crippen molar-refractivity contribution in [3.05, 3.63) is 59.5 Å². The molecule has 11 heteroatoms. The van der Waals surface area contributed by atoms with Gasteiger partial charge in [0.15, 0.2) is 14.8 Å². The summed E-state index contributed by atoms with van der Waals surface area (Å²) in [5.74, 6) is -0.192. The van der Waals surface area contributed by atoms with Crippen molar-refractivity contribution in [2.75, 3.05) is 21.3 Å². The number of methoxy groups -OCH3 is 3. The molecule has 3 aromatic rings. The summed E-state index contributed by atoms with van der Waals surface area (Å²) in [6.45, 7) is 2.14. The predicted octanol–water partition coefficient (Wildman–Crippen LogP) is 2.41. The summed E-state index contributed by atoms with van der Waals surface area (Å²) in [7, 11) is 0.387. The Bertz CT molecular complexity index is 1190. The van der Waals surface area contributed by atoms with Crippen molar-refractivity contribution in [3.63, 3.8) is 0 Å². The number of hydrogen-bond donors (Lipinski definition) is 2. The smallest absolute Gasteiger partial charge is 0.282 e. The molecule has 0 unspecified atom stereocenters. The number of ether oxygens (including phenoxy) is 3. The summed E-state index contributed by atoms with van der Waals surface area (Å²) in [5.41, 5.74) is 1.30. The molecule has 0 saturated carbocycles. The molecule has 1 atom stereocenters. The van der Waals surface area contributed by atoms with E-state index in [2.05, 4.69) is 14.8 Å². The largest absolute Gasteiger partial charge is 0.495 e. The Balaban J connectivity index is 1.92. The van der Waals surface area contributed by atoms with Crippen molar-refractivity contribution in [2.24, 2.45) is 0 Å². The monoisotopic (exact) mass is 445 g/mol. The third-order valence-electron chi connectivity index (χ3n) is 4.48. The molecule has 0 fully saturated rings. The lowest BCUT2D eigenvalue weighted by atomic mass is 10.2. The summed E-state index contributed by atoms with van der Waals surface area (Å²) < 4.78 is 41.4. The highest BCUT2D eigenvalue weighted by Gasteiger charge is 2.26. The summed E-state index contributed by atoms with van der Waals surface area (Å²) in [6.07, 6.45) is 3.44. The van der Waals surface area contributed by atoms with Gasteiger partial charge in [-0.05, 0) is 36.8 Å². The maximum Gasteiger partial charge on any atom is 0.282 e. The zero-order chi connectivity index (χ0) is 22.6. The molecule has 0 spiro atoms. The fourth-order valence-electron chi connectivity index (χ4n) is 3.02. The third-order valence-corrected chi connectivity index (χ3v) is 5.91. The normalized spacial score (nSPS) is 12.6. The van der Waals surface area contributed by atoms with Crippen LogP contribution in [0.1, 0.15) is 21.6 Å². The number of carbonyl (C=O) groups is 1. The molecule has 0 bridgehead atoms. The Morgan fingerprint density at radius 3 is 2.55 bits per heavy atom. The zero-order valence-corrected chi connectivity index (χ0v) is 18.4. The molecule has 1 aromatic carbocycles. The predicted molar refractivity (Wildman–Crippen MR) is 113 cm³/mol. The van der Waals surface area contributed by atoms with Gasteiger partial charge in [0.2, 0.25) is 5.88 Å². The number of hydrogen-bond acceptors (Lipinski definition) is 8. The highest BCUT2D eigenvalue weighted by molar-refractivity contribution is 7.91. The maximum absolute atomic E-state index is 13.2. The summed E-state index contributed by atoms with van der Waals surface area (Å²) in [6, 6.07) is 8.21. The van der Waals surface area contributed by atoms with Gasteiger partial charge >= 0.3 is 0 Å². The van der Waals surface area contributed by atoms with Gasteiger partial charge in [0, 0.05) is 18.0 Å². The second-order valence-electron chi connectivity index (χ2n) is 6.50. The van der Waals surface area contributed by atoms with Gasteiger partial charge in [-0.25, -0.2) is 14.0 Å². The van der Waals surface area contributed by atoms with Gasteiger partial charge in [-0.15, -0.1) is 0 Å². The van der Waals surface area contributed by atoms with Crippen molar-refractivity contribution in [2.45, 2.75) is 18.4 Å². The van der Waals surface area contributed by atoms with Crippen LogP contribution in [0.25, 0.3) is 0 Å². The Morgan fingerprint density at radius 2 is 1.94 bits per heavy atom. The first-order valence-corrected chi connectivity index (χ1v) is 10.7. The number of nitrogens with one attached hydrogen (secondary N) is 2. The van der Waals surface area contributed by atoms with Gasteiger partial charge in [-0.2, -0.15) is 5.10 Å². The highest BCUT2D eigenvalue weighted by atomic mass is 32.2. The molecule has 2 N–H and O–H groups in total. The number of aryl methyl sites for hydroxylation is 1. The topological polar surface area (TPSA) is 128 Å². The molecule has 0 aliphatic heterocycles. The number of pyridine rings is 1. The first-order chi connectivity index (χ1) is 14.8. The van der Waals surface area contributed by atoms with Crippen LogP contribution in [0.3, 0.4) is 0 Å². The Hall–Kier alpha value is -3.60. The van der Waals surface area contributed by atoms with E-state index in [0.717, 1.165) is 0 Å². The fraction of sp³-hybridized carbons (Fsp3) is 0.250. The van der Waals surface area contributed by atoms with E-state index < -0.39 is 15.8 Å². The second-order valence-corrected chi connectivity index (χ2v) is 8.23. The molecule has 2 heterocycles. The number of amides is 1. The van der Waals surface area contributed by atoms with Gasteiger partial charge < -0.3 is 14.2 Å². The van der Waals surface area contributed by atoms with Crippen molar-refractivity contribution >= 4 is 15.8 Å². The molecule has 164 valence electrons.